The largest absolute Gasteiger partial charge is 0.383 e. The second-order valence-corrected chi connectivity index (χ2v) is 4.96. The number of rotatable bonds is 6. The van der Waals surface area contributed by atoms with E-state index in [0.29, 0.717) is 6.61 Å². The van der Waals surface area contributed by atoms with Crippen LogP contribution in [0.3, 0.4) is 0 Å². The fourth-order valence-corrected chi connectivity index (χ4v) is 1.89. The molecule has 19 heavy (non-hydrogen) atoms. The second kappa shape index (κ2) is 7.33. The van der Waals surface area contributed by atoms with Crippen LogP contribution in [-0.4, -0.2) is 30.2 Å². The third-order valence-electron chi connectivity index (χ3n) is 2.60. The number of ether oxygens (including phenoxy) is 1. The van der Waals surface area contributed by atoms with Crippen LogP contribution in [0.5, 0.6) is 0 Å². The van der Waals surface area contributed by atoms with E-state index in [9.17, 15) is 0 Å². The Hall–Kier alpha value is -1.30. The van der Waals surface area contributed by atoms with Gasteiger partial charge in [-0.15, -0.1) is 0 Å². The van der Waals surface area contributed by atoms with Gasteiger partial charge < -0.3 is 10.1 Å². The van der Waals surface area contributed by atoms with Crippen molar-refractivity contribution >= 4 is 15.9 Å². The number of nitrogens with one attached hydrogen (secondary N) is 1. The van der Waals surface area contributed by atoms with Gasteiger partial charge in [-0.3, -0.25) is 0 Å². The van der Waals surface area contributed by atoms with E-state index in [1.165, 1.54) is 0 Å². The molecule has 0 unspecified atom stereocenters. The molecule has 0 aliphatic rings. The monoisotopic (exact) mass is 321 g/mol. The maximum atomic E-state index is 4.98. The summed E-state index contributed by atoms with van der Waals surface area (Å²) in [4.78, 5) is 8.85. The number of nitrogens with zero attached hydrogens (tertiary/aromatic N) is 2. The Bertz CT molecular complexity index is 516. The number of halogens is 1. The maximum Gasteiger partial charge on any atom is 0.159 e. The predicted molar refractivity (Wildman–Crippen MR) is 78.8 cm³/mol. The summed E-state index contributed by atoms with van der Waals surface area (Å²) in [7, 11) is 1.69. The molecule has 1 N–H and O–H groups in total. The molecule has 0 bridgehead atoms. The van der Waals surface area contributed by atoms with Crippen LogP contribution in [-0.2, 0) is 11.3 Å². The molecule has 0 radical (unpaired) electrons. The molecule has 0 amide bonds. The van der Waals surface area contributed by atoms with Crippen molar-refractivity contribution in [1.29, 1.82) is 0 Å². The van der Waals surface area contributed by atoms with Crippen molar-refractivity contribution in [2.75, 3.05) is 20.3 Å². The standard InChI is InChI=1S/C14H16BrN3O/c1-19-9-8-16-10-13-6-7-17-14(18-13)11-2-4-12(15)5-3-11/h2-7,16H,8-10H2,1H3. The topological polar surface area (TPSA) is 47.0 Å². The SMILES string of the molecule is COCCNCc1ccnc(-c2ccc(Br)cc2)n1. The van der Waals surface area contributed by atoms with Crippen LogP contribution >= 0.6 is 15.9 Å². The van der Waals surface area contributed by atoms with Crippen LogP contribution in [0.4, 0.5) is 0 Å². The van der Waals surface area contributed by atoms with Crippen LogP contribution in [0.1, 0.15) is 5.69 Å². The molecule has 1 heterocycles. The molecule has 0 saturated carbocycles. The Kier molecular flexibility index (Phi) is 5.44. The summed E-state index contributed by atoms with van der Waals surface area (Å²) < 4.78 is 6.03. The molecule has 2 rings (SSSR count). The maximum absolute atomic E-state index is 4.98. The Balaban J connectivity index is 2.04. The summed E-state index contributed by atoms with van der Waals surface area (Å²) >= 11 is 3.42. The van der Waals surface area contributed by atoms with Crippen molar-refractivity contribution in [3.8, 4) is 11.4 Å². The van der Waals surface area contributed by atoms with Crippen LogP contribution in [0.25, 0.3) is 11.4 Å². The van der Waals surface area contributed by atoms with Gasteiger partial charge in [-0.05, 0) is 18.2 Å². The molecule has 0 saturated heterocycles. The Morgan fingerprint density at radius 1 is 1.21 bits per heavy atom. The Morgan fingerprint density at radius 3 is 2.74 bits per heavy atom. The van der Waals surface area contributed by atoms with Gasteiger partial charge in [0, 0.05) is 36.4 Å². The van der Waals surface area contributed by atoms with Gasteiger partial charge in [-0.25, -0.2) is 9.97 Å². The predicted octanol–water partition coefficient (Wildman–Crippen LogP) is 2.64. The lowest BCUT2D eigenvalue weighted by molar-refractivity contribution is 0.199. The van der Waals surface area contributed by atoms with Crippen molar-refractivity contribution in [1.82, 2.24) is 15.3 Å². The van der Waals surface area contributed by atoms with Crippen molar-refractivity contribution in [3.63, 3.8) is 0 Å². The molecule has 0 aliphatic heterocycles. The second-order valence-electron chi connectivity index (χ2n) is 4.05. The summed E-state index contributed by atoms with van der Waals surface area (Å²) in [5, 5.41) is 3.27. The highest BCUT2D eigenvalue weighted by molar-refractivity contribution is 9.10. The number of methoxy groups -OCH3 is 1. The fraction of sp³-hybridized carbons (Fsp3) is 0.286. The highest BCUT2D eigenvalue weighted by Gasteiger charge is 2.02. The van der Waals surface area contributed by atoms with E-state index in [-0.39, 0.29) is 0 Å². The summed E-state index contributed by atoms with van der Waals surface area (Å²) in [5.41, 5.74) is 1.99. The van der Waals surface area contributed by atoms with E-state index < -0.39 is 0 Å². The highest BCUT2D eigenvalue weighted by atomic mass is 79.9. The van der Waals surface area contributed by atoms with Crippen LogP contribution in [0.2, 0.25) is 0 Å². The molecular formula is C14H16BrN3O. The van der Waals surface area contributed by atoms with Gasteiger partial charge in [0.2, 0.25) is 0 Å². The Labute approximate surface area is 121 Å². The zero-order valence-electron chi connectivity index (χ0n) is 10.8. The number of benzene rings is 1. The number of hydrogen-bond acceptors (Lipinski definition) is 4. The van der Waals surface area contributed by atoms with E-state index in [2.05, 4.69) is 31.2 Å². The quantitative estimate of drug-likeness (QED) is 0.831. The van der Waals surface area contributed by atoms with E-state index in [4.69, 9.17) is 4.74 Å². The van der Waals surface area contributed by atoms with Crippen molar-refractivity contribution in [3.05, 3.63) is 46.7 Å². The molecule has 4 nitrogen and oxygen atoms in total. The molecule has 5 heteroatoms. The summed E-state index contributed by atoms with van der Waals surface area (Å²) in [6.45, 7) is 2.23. The van der Waals surface area contributed by atoms with Gasteiger partial charge in [-0.1, -0.05) is 28.1 Å². The van der Waals surface area contributed by atoms with Gasteiger partial charge in [0.1, 0.15) is 0 Å². The van der Waals surface area contributed by atoms with E-state index in [1.807, 2.05) is 30.3 Å². The normalized spacial score (nSPS) is 10.6. The fourth-order valence-electron chi connectivity index (χ4n) is 1.62. The average molecular weight is 322 g/mol. The number of aromatic nitrogens is 2. The van der Waals surface area contributed by atoms with Crippen LogP contribution in [0, 0.1) is 0 Å². The molecule has 100 valence electrons. The van der Waals surface area contributed by atoms with Gasteiger partial charge >= 0.3 is 0 Å². The van der Waals surface area contributed by atoms with Crippen LogP contribution in [0.15, 0.2) is 41.0 Å². The lowest BCUT2D eigenvalue weighted by Crippen LogP contribution is -2.19. The molecule has 0 aliphatic carbocycles. The van der Waals surface area contributed by atoms with Gasteiger partial charge in [0.05, 0.1) is 12.3 Å². The third kappa shape index (κ3) is 4.38. The highest BCUT2D eigenvalue weighted by Crippen LogP contribution is 2.18. The third-order valence-corrected chi connectivity index (χ3v) is 3.13. The van der Waals surface area contributed by atoms with Crippen molar-refractivity contribution < 1.29 is 4.74 Å². The lowest BCUT2D eigenvalue weighted by atomic mass is 10.2. The zero-order chi connectivity index (χ0) is 13.5. The average Bonchev–Trinajstić information content (AvgIpc) is 2.45. The first-order valence-corrected chi connectivity index (χ1v) is 6.86. The molecule has 1 aromatic heterocycles. The van der Waals surface area contributed by atoms with E-state index in [1.54, 1.807) is 13.3 Å². The van der Waals surface area contributed by atoms with Crippen molar-refractivity contribution in [2.45, 2.75) is 6.54 Å². The van der Waals surface area contributed by atoms with Gasteiger partial charge in [0.15, 0.2) is 5.82 Å². The lowest BCUT2D eigenvalue weighted by Gasteiger charge is -2.05. The first-order chi connectivity index (χ1) is 9.29. The summed E-state index contributed by atoms with van der Waals surface area (Å²) in [6, 6.07) is 9.90. The molecule has 0 fully saturated rings. The molecule has 0 spiro atoms. The minimum Gasteiger partial charge on any atom is -0.383 e. The molecular weight excluding hydrogens is 306 g/mol. The van der Waals surface area contributed by atoms with Crippen LogP contribution < -0.4 is 5.32 Å². The first kappa shape index (κ1) is 14.1. The van der Waals surface area contributed by atoms with Gasteiger partial charge in [0.25, 0.3) is 0 Å². The summed E-state index contributed by atoms with van der Waals surface area (Å²) in [5.74, 6) is 0.749. The molecule has 2 aromatic rings. The zero-order valence-corrected chi connectivity index (χ0v) is 12.4. The smallest absolute Gasteiger partial charge is 0.159 e. The minimum absolute atomic E-state index is 0.699. The van der Waals surface area contributed by atoms with Crippen molar-refractivity contribution in [2.24, 2.45) is 0 Å². The summed E-state index contributed by atoms with van der Waals surface area (Å²) in [6.07, 6.45) is 1.79. The first-order valence-electron chi connectivity index (χ1n) is 6.07. The van der Waals surface area contributed by atoms with E-state index >= 15 is 0 Å². The van der Waals surface area contributed by atoms with Gasteiger partial charge in [-0.2, -0.15) is 0 Å². The minimum atomic E-state index is 0.699. The molecule has 1 aromatic carbocycles. The molecule has 0 atom stereocenters. The number of hydrogen-bond donors (Lipinski definition) is 1. The Morgan fingerprint density at radius 2 is 2.00 bits per heavy atom. The van der Waals surface area contributed by atoms with E-state index in [0.717, 1.165) is 34.6 Å².